The zero-order valence-corrected chi connectivity index (χ0v) is 19.9. The summed E-state index contributed by atoms with van der Waals surface area (Å²) in [6, 6.07) is 14.5. The predicted molar refractivity (Wildman–Crippen MR) is 130 cm³/mol. The Bertz CT molecular complexity index is 1160. The smallest absolute Gasteiger partial charge is 0.336 e. The highest BCUT2D eigenvalue weighted by Gasteiger charge is 2.41. The van der Waals surface area contributed by atoms with E-state index in [4.69, 9.17) is 9.47 Å². The fourth-order valence-electron chi connectivity index (χ4n) is 4.96. The number of hydrogen-bond acceptors (Lipinski definition) is 6. The zero-order valence-electron chi connectivity index (χ0n) is 19.9. The lowest BCUT2D eigenvalue weighted by molar-refractivity contribution is -0.139. The van der Waals surface area contributed by atoms with E-state index in [1.54, 1.807) is 25.3 Å². The maximum atomic E-state index is 13.6. The SMILES string of the molecule is CCCCOC(=O)C1=C(C)NC2=C(C(=O)CC(c3ccccc3OC)C2)C1c1cccc(O)c1. The van der Waals surface area contributed by atoms with Crippen molar-refractivity contribution in [3.8, 4) is 11.5 Å². The van der Waals surface area contributed by atoms with Gasteiger partial charge in [-0.2, -0.15) is 0 Å². The number of para-hydroxylation sites is 1. The van der Waals surface area contributed by atoms with Gasteiger partial charge in [0.05, 0.1) is 19.3 Å². The Balaban J connectivity index is 1.76. The van der Waals surface area contributed by atoms with Gasteiger partial charge in [-0.3, -0.25) is 4.79 Å². The predicted octanol–water partition coefficient (Wildman–Crippen LogP) is 5.11. The van der Waals surface area contributed by atoms with Gasteiger partial charge in [0.2, 0.25) is 0 Å². The molecule has 2 unspecified atom stereocenters. The molecule has 2 atom stereocenters. The molecule has 0 amide bonds. The third-order valence-electron chi connectivity index (χ3n) is 6.56. The summed E-state index contributed by atoms with van der Waals surface area (Å²) in [7, 11) is 1.63. The number of unbranched alkanes of at least 4 members (excludes halogenated alkanes) is 1. The molecule has 0 saturated carbocycles. The van der Waals surface area contributed by atoms with E-state index in [2.05, 4.69) is 5.32 Å². The van der Waals surface area contributed by atoms with Crippen molar-refractivity contribution in [1.29, 1.82) is 0 Å². The number of nitrogens with one attached hydrogen (secondary N) is 1. The van der Waals surface area contributed by atoms with E-state index in [9.17, 15) is 14.7 Å². The molecule has 0 spiro atoms. The number of ketones is 1. The minimum atomic E-state index is -0.594. The van der Waals surface area contributed by atoms with Gasteiger partial charge in [0.15, 0.2) is 5.78 Å². The molecule has 2 aromatic carbocycles. The number of carbonyl (C=O) groups excluding carboxylic acids is 2. The number of phenols is 1. The first-order valence-electron chi connectivity index (χ1n) is 11.8. The molecule has 0 radical (unpaired) electrons. The van der Waals surface area contributed by atoms with Crippen molar-refractivity contribution in [2.75, 3.05) is 13.7 Å². The molecule has 1 aliphatic heterocycles. The number of allylic oxidation sites excluding steroid dienone is 3. The first-order chi connectivity index (χ1) is 16.4. The van der Waals surface area contributed by atoms with Gasteiger partial charge in [-0.1, -0.05) is 43.7 Å². The number of carbonyl (C=O) groups is 2. The van der Waals surface area contributed by atoms with E-state index in [-0.39, 0.29) is 17.5 Å². The van der Waals surface area contributed by atoms with Gasteiger partial charge >= 0.3 is 5.97 Å². The molecule has 6 nitrogen and oxygen atoms in total. The molecule has 0 fully saturated rings. The van der Waals surface area contributed by atoms with Crippen molar-refractivity contribution in [2.24, 2.45) is 0 Å². The van der Waals surface area contributed by atoms with Gasteiger partial charge in [0.25, 0.3) is 0 Å². The zero-order chi connectivity index (χ0) is 24.2. The minimum Gasteiger partial charge on any atom is -0.508 e. The fourth-order valence-corrected chi connectivity index (χ4v) is 4.96. The fraction of sp³-hybridized carbons (Fsp3) is 0.357. The maximum absolute atomic E-state index is 13.6. The second kappa shape index (κ2) is 10.2. The van der Waals surface area contributed by atoms with Gasteiger partial charge in [-0.15, -0.1) is 0 Å². The molecule has 1 aliphatic carbocycles. The average Bonchev–Trinajstić information content (AvgIpc) is 2.83. The molecule has 0 saturated heterocycles. The number of hydrogen-bond donors (Lipinski definition) is 2. The summed E-state index contributed by atoms with van der Waals surface area (Å²) in [5.74, 6) is -0.238. The summed E-state index contributed by atoms with van der Waals surface area (Å²) in [6.07, 6.45) is 2.62. The van der Waals surface area contributed by atoms with Crippen LogP contribution < -0.4 is 10.1 Å². The van der Waals surface area contributed by atoms with Crippen molar-refractivity contribution in [3.63, 3.8) is 0 Å². The highest BCUT2D eigenvalue weighted by molar-refractivity contribution is 6.04. The van der Waals surface area contributed by atoms with Crippen LogP contribution in [-0.2, 0) is 14.3 Å². The van der Waals surface area contributed by atoms with E-state index < -0.39 is 11.9 Å². The summed E-state index contributed by atoms with van der Waals surface area (Å²) in [6.45, 7) is 4.20. The Hall–Kier alpha value is -3.54. The van der Waals surface area contributed by atoms with Gasteiger partial charge in [0.1, 0.15) is 11.5 Å². The number of ether oxygens (including phenoxy) is 2. The van der Waals surface area contributed by atoms with E-state index >= 15 is 0 Å². The number of aromatic hydroxyl groups is 1. The lowest BCUT2D eigenvalue weighted by atomic mass is 9.71. The molecular weight excluding hydrogens is 430 g/mol. The number of methoxy groups -OCH3 is 1. The first-order valence-corrected chi connectivity index (χ1v) is 11.8. The number of rotatable bonds is 7. The lowest BCUT2D eigenvalue weighted by Gasteiger charge is -2.37. The van der Waals surface area contributed by atoms with E-state index in [0.717, 1.165) is 29.9 Å². The Morgan fingerprint density at radius 1 is 1.15 bits per heavy atom. The lowest BCUT2D eigenvalue weighted by Crippen LogP contribution is -2.36. The summed E-state index contributed by atoms with van der Waals surface area (Å²) >= 11 is 0. The number of dihydropyridines is 1. The van der Waals surface area contributed by atoms with E-state index in [0.29, 0.717) is 41.9 Å². The van der Waals surface area contributed by atoms with Crippen LogP contribution in [0.5, 0.6) is 11.5 Å². The van der Waals surface area contributed by atoms with Crippen molar-refractivity contribution < 1.29 is 24.2 Å². The Morgan fingerprint density at radius 3 is 2.68 bits per heavy atom. The molecule has 1 heterocycles. The van der Waals surface area contributed by atoms with Crippen molar-refractivity contribution in [1.82, 2.24) is 5.32 Å². The molecular formula is C28H31NO5. The molecule has 4 rings (SSSR count). The van der Waals surface area contributed by atoms with Crippen molar-refractivity contribution in [3.05, 3.63) is 82.2 Å². The number of esters is 1. The van der Waals surface area contributed by atoms with Gasteiger partial charge < -0.3 is 19.9 Å². The van der Waals surface area contributed by atoms with E-state index in [1.165, 1.54) is 0 Å². The quantitative estimate of drug-likeness (QED) is 0.441. The van der Waals surface area contributed by atoms with Crippen LogP contribution in [0.2, 0.25) is 0 Å². The normalized spacial score (nSPS) is 20.0. The third-order valence-corrected chi connectivity index (χ3v) is 6.56. The Morgan fingerprint density at radius 2 is 1.94 bits per heavy atom. The van der Waals surface area contributed by atoms with Crippen LogP contribution in [-0.4, -0.2) is 30.6 Å². The van der Waals surface area contributed by atoms with Crippen LogP contribution in [0.25, 0.3) is 0 Å². The van der Waals surface area contributed by atoms with Gasteiger partial charge in [-0.05, 0) is 49.1 Å². The monoisotopic (exact) mass is 461 g/mol. The first kappa shape index (κ1) is 23.6. The number of benzene rings is 2. The number of Topliss-reactive ketones (excluding diaryl/α,β-unsaturated/α-hetero) is 1. The molecule has 6 heteroatoms. The molecule has 34 heavy (non-hydrogen) atoms. The third kappa shape index (κ3) is 4.58. The van der Waals surface area contributed by atoms with Gasteiger partial charge in [-0.25, -0.2) is 4.79 Å². The molecule has 0 aromatic heterocycles. The van der Waals surface area contributed by atoms with Crippen LogP contribution in [0.1, 0.15) is 62.5 Å². The number of phenolic OH excluding ortho intramolecular Hbond substituents is 1. The molecule has 2 aromatic rings. The highest BCUT2D eigenvalue weighted by atomic mass is 16.5. The van der Waals surface area contributed by atoms with Crippen LogP contribution in [0.3, 0.4) is 0 Å². The van der Waals surface area contributed by atoms with Crippen LogP contribution in [0.4, 0.5) is 0 Å². The highest BCUT2D eigenvalue weighted by Crippen LogP contribution is 2.47. The second-order valence-corrected chi connectivity index (χ2v) is 8.84. The molecule has 178 valence electrons. The summed E-state index contributed by atoms with van der Waals surface area (Å²) < 4.78 is 11.1. The van der Waals surface area contributed by atoms with Crippen molar-refractivity contribution in [2.45, 2.75) is 51.4 Å². The van der Waals surface area contributed by atoms with Crippen LogP contribution in [0, 0.1) is 0 Å². The summed E-state index contributed by atoms with van der Waals surface area (Å²) in [5, 5.41) is 13.5. The largest absolute Gasteiger partial charge is 0.508 e. The summed E-state index contributed by atoms with van der Waals surface area (Å²) in [5.41, 5.74) is 4.16. The average molecular weight is 462 g/mol. The maximum Gasteiger partial charge on any atom is 0.336 e. The second-order valence-electron chi connectivity index (χ2n) is 8.84. The minimum absolute atomic E-state index is 0.0237. The Labute approximate surface area is 200 Å². The topological polar surface area (TPSA) is 84.9 Å². The molecule has 2 aliphatic rings. The van der Waals surface area contributed by atoms with Crippen LogP contribution >= 0.6 is 0 Å². The Kier molecular flexibility index (Phi) is 7.06. The van der Waals surface area contributed by atoms with Crippen molar-refractivity contribution >= 4 is 11.8 Å². The van der Waals surface area contributed by atoms with Gasteiger partial charge in [0, 0.05) is 35.2 Å². The van der Waals surface area contributed by atoms with E-state index in [1.807, 2.05) is 44.2 Å². The van der Waals surface area contributed by atoms with Crippen LogP contribution in [0.15, 0.2) is 71.1 Å². The molecule has 2 N–H and O–H groups in total. The standard InChI is InChI=1S/C28H31NO5/c1-4-5-13-34-28(32)25-17(2)29-22-15-19(21-11-6-7-12-24(21)33-3)16-23(31)27(22)26(25)18-9-8-10-20(30)14-18/h6-12,14,19,26,29-30H,4-5,13,15-16H2,1-3H3. The molecule has 0 bridgehead atoms. The summed E-state index contributed by atoms with van der Waals surface area (Å²) in [4.78, 5) is 26.8.